The van der Waals surface area contributed by atoms with Crippen LogP contribution in [0.15, 0.2) is 4.79 Å². The zero-order chi connectivity index (χ0) is 10.7. The normalized spacial score (nSPS) is 9.93. The van der Waals surface area contributed by atoms with Gasteiger partial charge in [0, 0.05) is 14.1 Å². The van der Waals surface area contributed by atoms with Gasteiger partial charge in [-0.15, -0.1) is 4.68 Å². The summed E-state index contributed by atoms with van der Waals surface area (Å²) in [5, 5.41) is 7.32. The van der Waals surface area contributed by atoms with E-state index >= 15 is 0 Å². The number of nitrogens with zero attached hydrogens (tertiary/aromatic N) is 5. The Hall–Kier alpha value is -1.44. The van der Waals surface area contributed by atoms with Gasteiger partial charge in [0.1, 0.15) is 6.61 Å². The molecule has 0 amide bonds. The van der Waals surface area contributed by atoms with Gasteiger partial charge in [-0.05, 0) is 34.4 Å². The fraction of sp³-hybridized carbons (Fsp3) is 0.667. The van der Waals surface area contributed by atoms with E-state index in [2.05, 4.69) is 10.4 Å². The van der Waals surface area contributed by atoms with Crippen molar-refractivity contribution < 1.29 is 4.84 Å². The van der Waals surface area contributed by atoms with Crippen molar-refractivity contribution in [1.82, 2.24) is 24.9 Å². The van der Waals surface area contributed by atoms with E-state index in [4.69, 9.17) is 17.1 Å². The lowest BCUT2D eigenvalue weighted by Crippen LogP contribution is -2.38. The highest BCUT2D eigenvalue weighted by Gasteiger charge is 2.12. The molecule has 8 heteroatoms. The summed E-state index contributed by atoms with van der Waals surface area (Å²) in [7, 11) is 3.43. The molecule has 0 aromatic carbocycles. The number of thiocarbonyl (C=S) groups is 1. The average Bonchev–Trinajstić information content (AvgIpc) is 2.48. The zero-order valence-electron chi connectivity index (χ0n) is 8.17. The molecule has 0 unspecified atom stereocenters. The first kappa shape index (κ1) is 10.6. The maximum absolute atomic E-state index is 11.5. The first-order valence-electron chi connectivity index (χ1n) is 3.98. The largest absolute Gasteiger partial charge is 0.404 e. The highest BCUT2D eigenvalue weighted by atomic mass is 32.1. The van der Waals surface area contributed by atoms with Gasteiger partial charge in [0.05, 0.1) is 0 Å². The lowest BCUT2D eigenvalue weighted by atomic mass is 10.8. The average molecular weight is 217 g/mol. The molecule has 78 valence electrons. The van der Waals surface area contributed by atoms with E-state index in [1.54, 1.807) is 25.9 Å². The van der Waals surface area contributed by atoms with Gasteiger partial charge in [-0.2, -0.15) is 0 Å². The Balaban J connectivity index is 3.01. The van der Waals surface area contributed by atoms with Gasteiger partial charge in [-0.1, -0.05) is 0 Å². The van der Waals surface area contributed by atoms with E-state index in [9.17, 15) is 4.79 Å². The zero-order valence-corrected chi connectivity index (χ0v) is 8.98. The predicted molar refractivity (Wildman–Crippen MR) is 53.1 cm³/mol. The fourth-order valence-corrected chi connectivity index (χ4v) is 0.861. The molecule has 1 aromatic heterocycles. The summed E-state index contributed by atoms with van der Waals surface area (Å²) in [4.78, 5) is 18.7. The van der Waals surface area contributed by atoms with Crippen LogP contribution >= 0.6 is 12.2 Å². The molecule has 1 heterocycles. The minimum absolute atomic E-state index is 0.265. The molecule has 0 aliphatic heterocycles. The Morgan fingerprint density at radius 3 is 2.71 bits per heavy atom. The van der Waals surface area contributed by atoms with Crippen molar-refractivity contribution in [3.05, 3.63) is 10.5 Å². The Morgan fingerprint density at radius 2 is 2.21 bits per heavy atom. The van der Waals surface area contributed by atoms with Crippen molar-refractivity contribution >= 4 is 17.3 Å². The quantitative estimate of drug-likeness (QED) is 0.567. The molecule has 0 N–H and O–H groups in total. The van der Waals surface area contributed by atoms with Gasteiger partial charge >= 0.3 is 5.69 Å². The van der Waals surface area contributed by atoms with Crippen LogP contribution in [0.5, 0.6) is 0 Å². The predicted octanol–water partition coefficient (Wildman–Crippen LogP) is -1.42. The third kappa shape index (κ3) is 1.90. The summed E-state index contributed by atoms with van der Waals surface area (Å²) in [5.74, 6) is 0. The van der Waals surface area contributed by atoms with E-state index in [0.29, 0.717) is 6.61 Å². The fourth-order valence-electron chi connectivity index (χ4n) is 0.747. The standard InChI is InChI=1S/C6H11N5O2S/c1-4-13-11-5(12)10(7-8-11)6(14)9(2)3/h4H2,1-3H3. The second-order valence-corrected chi connectivity index (χ2v) is 3.01. The van der Waals surface area contributed by atoms with Gasteiger partial charge < -0.3 is 9.74 Å². The molecule has 0 saturated carbocycles. The van der Waals surface area contributed by atoms with Gasteiger partial charge in [-0.25, -0.2) is 4.79 Å². The highest BCUT2D eigenvalue weighted by Crippen LogP contribution is 1.82. The van der Waals surface area contributed by atoms with Crippen molar-refractivity contribution in [3.63, 3.8) is 0 Å². The monoisotopic (exact) mass is 217 g/mol. The number of hydrogen-bond donors (Lipinski definition) is 0. The maximum atomic E-state index is 11.5. The van der Waals surface area contributed by atoms with E-state index in [-0.39, 0.29) is 5.11 Å². The van der Waals surface area contributed by atoms with Crippen LogP contribution in [0.4, 0.5) is 0 Å². The topological polar surface area (TPSA) is 65.2 Å². The van der Waals surface area contributed by atoms with Gasteiger partial charge in [0.25, 0.3) is 0 Å². The highest BCUT2D eigenvalue weighted by molar-refractivity contribution is 7.80. The Morgan fingerprint density at radius 1 is 1.57 bits per heavy atom. The second-order valence-electron chi connectivity index (χ2n) is 2.64. The van der Waals surface area contributed by atoms with Crippen molar-refractivity contribution in [2.75, 3.05) is 20.7 Å². The summed E-state index contributed by atoms with van der Waals surface area (Å²) in [5.41, 5.74) is -0.509. The Kier molecular flexibility index (Phi) is 3.18. The molecule has 0 spiro atoms. The van der Waals surface area contributed by atoms with E-state index in [0.717, 1.165) is 9.53 Å². The molecule has 0 atom stereocenters. The minimum atomic E-state index is -0.509. The lowest BCUT2D eigenvalue weighted by molar-refractivity contribution is 0.0809. The van der Waals surface area contributed by atoms with Crippen molar-refractivity contribution in [3.8, 4) is 0 Å². The van der Waals surface area contributed by atoms with Crippen LogP contribution < -0.4 is 10.5 Å². The van der Waals surface area contributed by atoms with Gasteiger partial charge in [0.15, 0.2) is 0 Å². The molecule has 0 fully saturated rings. The van der Waals surface area contributed by atoms with Crippen molar-refractivity contribution in [2.45, 2.75) is 6.92 Å². The Labute approximate surface area is 85.8 Å². The molecule has 1 aromatic rings. The van der Waals surface area contributed by atoms with Crippen molar-refractivity contribution in [1.29, 1.82) is 0 Å². The number of tetrazole rings is 1. The van der Waals surface area contributed by atoms with Crippen LogP contribution in [0, 0.1) is 0 Å². The van der Waals surface area contributed by atoms with Crippen LogP contribution in [0.25, 0.3) is 0 Å². The molecule has 0 bridgehead atoms. The van der Waals surface area contributed by atoms with Crippen LogP contribution in [-0.2, 0) is 0 Å². The molecule has 0 radical (unpaired) electrons. The van der Waals surface area contributed by atoms with Gasteiger partial charge in [-0.3, -0.25) is 0 Å². The maximum Gasteiger partial charge on any atom is 0.404 e. The first-order valence-corrected chi connectivity index (χ1v) is 4.38. The first-order chi connectivity index (χ1) is 6.57. The summed E-state index contributed by atoms with van der Waals surface area (Å²) >= 11 is 4.95. The van der Waals surface area contributed by atoms with Crippen LogP contribution in [0.1, 0.15) is 6.92 Å². The molecule has 14 heavy (non-hydrogen) atoms. The van der Waals surface area contributed by atoms with E-state index < -0.39 is 5.69 Å². The molecule has 0 saturated heterocycles. The summed E-state index contributed by atoms with van der Waals surface area (Å²) in [6, 6.07) is 0. The summed E-state index contributed by atoms with van der Waals surface area (Å²) < 4.78 is 0.991. The van der Waals surface area contributed by atoms with Crippen molar-refractivity contribution in [2.24, 2.45) is 0 Å². The summed E-state index contributed by atoms with van der Waals surface area (Å²) in [6.45, 7) is 2.09. The molecular formula is C6H11N5O2S. The SMILES string of the molecule is CCOn1nnn(C(=S)N(C)C)c1=O. The second kappa shape index (κ2) is 4.18. The Bertz CT molecular complexity index is 382. The third-order valence-corrected chi connectivity index (χ3v) is 1.91. The van der Waals surface area contributed by atoms with Gasteiger partial charge in [0.2, 0.25) is 5.11 Å². The number of hydrogen-bond acceptors (Lipinski definition) is 5. The lowest BCUT2D eigenvalue weighted by Gasteiger charge is -2.10. The number of rotatable bonds is 2. The van der Waals surface area contributed by atoms with Crippen LogP contribution in [0.2, 0.25) is 0 Å². The smallest absolute Gasteiger partial charge is 0.391 e. The van der Waals surface area contributed by atoms with Crippen LogP contribution in [0.3, 0.4) is 0 Å². The molecule has 0 aliphatic rings. The van der Waals surface area contributed by atoms with E-state index in [1.807, 2.05) is 0 Å². The molecule has 0 aliphatic carbocycles. The molecule has 1 rings (SSSR count). The number of aromatic nitrogens is 4. The summed E-state index contributed by atoms with van der Waals surface area (Å²) in [6.07, 6.45) is 0. The minimum Gasteiger partial charge on any atom is -0.391 e. The molecule has 7 nitrogen and oxygen atoms in total. The molecular weight excluding hydrogens is 206 g/mol. The van der Waals surface area contributed by atoms with Crippen LogP contribution in [-0.4, -0.2) is 50.7 Å². The van der Waals surface area contributed by atoms with E-state index in [1.165, 1.54) is 0 Å². The third-order valence-electron chi connectivity index (χ3n) is 1.37.